The lowest BCUT2D eigenvalue weighted by Crippen LogP contribution is -2.12. The number of nitrogens with one attached hydrogen (secondary N) is 1. The predicted molar refractivity (Wildman–Crippen MR) is 64.4 cm³/mol. The van der Waals surface area contributed by atoms with E-state index in [0.717, 1.165) is 12.3 Å². The Bertz CT molecular complexity index is 332. The highest BCUT2D eigenvalue weighted by molar-refractivity contribution is 5.43. The van der Waals surface area contributed by atoms with Crippen molar-refractivity contribution in [3.8, 4) is 5.75 Å². The monoisotopic (exact) mass is 207 g/mol. The lowest BCUT2D eigenvalue weighted by molar-refractivity contribution is 0.238. The standard InChI is InChI=1S/C13H21NO/c1-9(2)15-13-11(4)6-10(3)7-12(13)8-14-5/h6-7,9,14H,8H2,1-5H3. The molecule has 1 aromatic rings. The molecule has 0 atom stereocenters. The maximum absolute atomic E-state index is 5.84. The van der Waals surface area contributed by atoms with Crippen LogP contribution in [-0.2, 0) is 6.54 Å². The lowest BCUT2D eigenvalue weighted by Gasteiger charge is -2.17. The zero-order chi connectivity index (χ0) is 11.4. The Labute approximate surface area is 92.6 Å². The first-order valence-corrected chi connectivity index (χ1v) is 5.46. The highest BCUT2D eigenvalue weighted by Gasteiger charge is 2.09. The van der Waals surface area contributed by atoms with Gasteiger partial charge in [-0.25, -0.2) is 0 Å². The van der Waals surface area contributed by atoms with Gasteiger partial charge in [-0.3, -0.25) is 0 Å². The molecule has 1 rings (SSSR count). The van der Waals surface area contributed by atoms with E-state index in [1.807, 2.05) is 7.05 Å². The predicted octanol–water partition coefficient (Wildman–Crippen LogP) is 2.81. The van der Waals surface area contributed by atoms with Gasteiger partial charge >= 0.3 is 0 Å². The molecule has 0 saturated heterocycles. The van der Waals surface area contributed by atoms with Crippen LogP contribution in [0, 0.1) is 13.8 Å². The van der Waals surface area contributed by atoms with Crippen molar-refractivity contribution in [2.45, 2.75) is 40.3 Å². The van der Waals surface area contributed by atoms with E-state index in [0.29, 0.717) is 0 Å². The molecule has 0 saturated carbocycles. The fraction of sp³-hybridized carbons (Fsp3) is 0.538. The third-order valence-corrected chi connectivity index (χ3v) is 2.22. The zero-order valence-electron chi connectivity index (χ0n) is 10.3. The second-order valence-corrected chi connectivity index (χ2v) is 4.27. The van der Waals surface area contributed by atoms with E-state index < -0.39 is 0 Å². The molecule has 0 heterocycles. The van der Waals surface area contributed by atoms with Crippen LogP contribution in [0.2, 0.25) is 0 Å². The summed E-state index contributed by atoms with van der Waals surface area (Å²) in [6.07, 6.45) is 0.224. The first kappa shape index (κ1) is 12.1. The van der Waals surface area contributed by atoms with Crippen molar-refractivity contribution in [3.63, 3.8) is 0 Å². The van der Waals surface area contributed by atoms with E-state index in [1.165, 1.54) is 16.7 Å². The maximum Gasteiger partial charge on any atom is 0.127 e. The molecule has 0 aliphatic rings. The van der Waals surface area contributed by atoms with Gasteiger partial charge in [-0.2, -0.15) is 0 Å². The molecular weight excluding hydrogens is 186 g/mol. The number of ether oxygens (including phenoxy) is 1. The highest BCUT2D eigenvalue weighted by atomic mass is 16.5. The Balaban J connectivity index is 3.08. The van der Waals surface area contributed by atoms with Crippen LogP contribution in [0.4, 0.5) is 0 Å². The summed E-state index contributed by atoms with van der Waals surface area (Å²) in [6, 6.07) is 4.35. The molecule has 0 unspecified atom stereocenters. The van der Waals surface area contributed by atoms with E-state index >= 15 is 0 Å². The van der Waals surface area contributed by atoms with E-state index in [9.17, 15) is 0 Å². The summed E-state index contributed by atoms with van der Waals surface area (Å²) < 4.78 is 5.84. The van der Waals surface area contributed by atoms with Crippen molar-refractivity contribution in [1.82, 2.24) is 5.32 Å². The fourth-order valence-electron chi connectivity index (χ4n) is 1.77. The molecule has 0 aliphatic carbocycles. The van der Waals surface area contributed by atoms with Gasteiger partial charge in [0.2, 0.25) is 0 Å². The summed E-state index contributed by atoms with van der Waals surface area (Å²) in [5.74, 6) is 1.03. The van der Waals surface area contributed by atoms with Crippen LogP contribution in [0.5, 0.6) is 5.75 Å². The van der Waals surface area contributed by atoms with Gasteiger partial charge in [0.05, 0.1) is 6.10 Å². The van der Waals surface area contributed by atoms with Crippen LogP contribution in [0.1, 0.15) is 30.5 Å². The smallest absolute Gasteiger partial charge is 0.127 e. The number of hydrogen-bond donors (Lipinski definition) is 1. The van der Waals surface area contributed by atoms with Crippen molar-refractivity contribution in [3.05, 3.63) is 28.8 Å². The quantitative estimate of drug-likeness (QED) is 0.819. The minimum atomic E-state index is 0.224. The first-order valence-electron chi connectivity index (χ1n) is 5.46. The van der Waals surface area contributed by atoms with Crippen molar-refractivity contribution in [2.75, 3.05) is 7.05 Å². The Kier molecular flexibility index (Phi) is 4.15. The Morgan fingerprint density at radius 1 is 1.27 bits per heavy atom. The maximum atomic E-state index is 5.84. The number of hydrogen-bond acceptors (Lipinski definition) is 2. The largest absolute Gasteiger partial charge is 0.490 e. The van der Waals surface area contributed by atoms with Gasteiger partial charge in [-0.15, -0.1) is 0 Å². The number of rotatable bonds is 4. The second-order valence-electron chi connectivity index (χ2n) is 4.27. The normalized spacial score (nSPS) is 10.8. The molecule has 15 heavy (non-hydrogen) atoms. The molecular formula is C13H21NO. The molecule has 1 aromatic carbocycles. The third-order valence-electron chi connectivity index (χ3n) is 2.22. The van der Waals surface area contributed by atoms with E-state index in [1.54, 1.807) is 0 Å². The summed E-state index contributed by atoms with van der Waals surface area (Å²) in [5, 5.41) is 3.17. The Morgan fingerprint density at radius 3 is 2.47 bits per heavy atom. The summed E-state index contributed by atoms with van der Waals surface area (Å²) in [4.78, 5) is 0. The average Bonchev–Trinajstić information content (AvgIpc) is 2.11. The summed E-state index contributed by atoms with van der Waals surface area (Å²) >= 11 is 0. The molecule has 0 radical (unpaired) electrons. The van der Waals surface area contributed by atoms with E-state index in [4.69, 9.17) is 4.74 Å². The topological polar surface area (TPSA) is 21.3 Å². The average molecular weight is 207 g/mol. The van der Waals surface area contributed by atoms with Crippen LogP contribution in [-0.4, -0.2) is 13.2 Å². The molecule has 0 aliphatic heterocycles. The van der Waals surface area contributed by atoms with Gasteiger partial charge < -0.3 is 10.1 Å². The van der Waals surface area contributed by atoms with E-state index in [-0.39, 0.29) is 6.10 Å². The van der Waals surface area contributed by atoms with Crippen molar-refractivity contribution in [1.29, 1.82) is 0 Å². The van der Waals surface area contributed by atoms with Gasteiger partial charge in [0.15, 0.2) is 0 Å². The van der Waals surface area contributed by atoms with Gasteiger partial charge in [0, 0.05) is 12.1 Å². The zero-order valence-corrected chi connectivity index (χ0v) is 10.3. The van der Waals surface area contributed by atoms with Gasteiger partial charge in [-0.05, 0) is 40.3 Å². The Hall–Kier alpha value is -1.02. The minimum Gasteiger partial charge on any atom is -0.490 e. The van der Waals surface area contributed by atoms with Gasteiger partial charge in [-0.1, -0.05) is 17.7 Å². The van der Waals surface area contributed by atoms with Gasteiger partial charge in [0.1, 0.15) is 5.75 Å². The Morgan fingerprint density at radius 2 is 1.93 bits per heavy atom. The third kappa shape index (κ3) is 3.24. The molecule has 84 valence electrons. The minimum absolute atomic E-state index is 0.224. The van der Waals surface area contributed by atoms with Crippen LogP contribution in [0.15, 0.2) is 12.1 Å². The molecule has 0 fully saturated rings. The van der Waals surface area contributed by atoms with Gasteiger partial charge in [0.25, 0.3) is 0 Å². The van der Waals surface area contributed by atoms with Crippen LogP contribution < -0.4 is 10.1 Å². The molecule has 0 amide bonds. The number of aryl methyl sites for hydroxylation is 2. The van der Waals surface area contributed by atoms with Crippen molar-refractivity contribution in [2.24, 2.45) is 0 Å². The second kappa shape index (κ2) is 5.17. The molecule has 2 heteroatoms. The first-order chi connectivity index (χ1) is 7.04. The van der Waals surface area contributed by atoms with Crippen molar-refractivity contribution >= 4 is 0 Å². The van der Waals surface area contributed by atoms with Crippen molar-refractivity contribution < 1.29 is 4.74 Å². The molecule has 1 N–H and O–H groups in total. The molecule has 2 nitrogen and oxygen atoms in total. The fourth-order valence-corrected chi connectivity index (χ4v) is 1.77. The van der Waals surface area contributed by atoms with Crippen LogP contribution in [0.3, 0.4) is 0 Å². The summed E-state index contributed by atoms with van der Waals surface area (Å²) in [6.45, 7) is 9.19. The van der Waals surface area contributed by atoms with Crippen LogP contribution >= 0.6 is 0 Å². The highest BCUT2D eigenvalue weighted by Crippen LogP contribution is 2.26. The molecule has 0 spiro atoms. The summed E-state index contributed by atoms with van der Waals surface area (Å²) in [5.41, 5.74) is 3.74. The van der Waals surface area contributed by atoms with E-state index in [2.05, 4.69) is 45.1 Å². The summed E-state index contributed by atoms with van der Waals surface area (Å²) in [7, 11) is 1.96. The van der Waals surface area contributed by atoms with Crippen LogP contribution in [0.25, 0.3) is 0 Å². The molecule has 0 aromatic heterocycles. The number of benzene rings is 1. The molecule has 0 bridgehead atoms. The lowest BCUT2D eigenvalue weighted by atomic mass is 10.1. The SMILES string of the molecule is CNCc1cc(C)cc(C)c1OC(C)C.